The summed E-state index contributed by atoms with van der Waals surface area (Å²) in [5.41, 5.74) is 2.43. The Bertz CT molecular complexity index is 438. The molecular weight excluding hydrogens is 180 g/mol. The van der Waals surface area contributed by atoms with Crippen LogP contribution in [0.4, 0.5) is 0 Å². The fourth-order valence-electron chi connectivity index (χ4n) is 1.61. The van der Waals surface area contributed by atoms with Gasteiger partial charge < -0.3 is 4.57 Å². The van der Waals surface area contributed by atoms with Gasteiger partial charge in [0.15, 0.2) is 0 Å². The molecule has 0 aromatic carbocycles. The van der Waals surface area contributed by atoms with Gasteiger partial charge in [-0.15, -0.1) is 11.8 Å². The smallest absolute Gasteiger partial charge is 0.0639 e. The van der Waals surface area contributed by atoms with Crippen LogP contribution >= 0.6 is 11.8 Å². The summed E-state index contributed by atoms with van der Waals surface area (Å²) >= 11 is 1.84. The minimum absolute atomic E-state index is 1.06. The molecule has 0 amide bonds. The molecule has 0 atom stereocenters. The molecule has 0 unspecified atom stereocenters. The molecule has 2 nitrogen and oxygen atoms in total. The van der Waals surface area contributed by atoms with Gasteiger partial charge in [0.1, 0.15) is 0 Å². The highest BCUT2D eigenvalue weighted by atomic mass is 32.2. The van der Waals surface area contributed by atoms with E-state index in [1.165, 1.54) is 10.6 Å². The molecule has 0 fully saturated rings. The Morgan fingerprint density at radius 1 is 1.46 bits per heavy atom. The number of hydrogen-bond donors (Lipinski definition) is 0. The van der Waals surface area contributed by atoms with E-state index in [1.807, 2.05) is 30.2 Å². The van der Waals surface area contributed by atoms with Crippen LogP contribution in [0.15, 0.2) is 40.5 Å². The van der Waals surface area contributed by atoms with Crippen LogP contribution in [0, 0.1) is 0 Å². The normalized spacial score (nSPS) is 18.8. The topological polar surface area (TPSA) is 17.3 Å². The van der Waals surface area contributed by atoms with E-state index in [0.29, 0.717) is 0 Å². The van der Waals surface area contributed by atoms with Crippen LogP contribution in [0.1, 0.15) is 5.69 Å². The standard InChI is InChI=1S/C10H8N2S/c1-2-8-6-11-7-10-9(3-5-13-10)12(8)4-1/h1-4,6-7H,5H2. The van der Waals surface area contributed by atoms with Crippen LogP contribution in [-0.2, 0) is 0 Å². The molecule has 0 saturated carbocycles. The third kappa shape index (κ3) is 1.00. The molecule has 2 aliphatic heterocycles. The van der Waals surface area contributed by atoms with Gasteiger partial charge in [0.05, 0.1) is 17.6 Å². The fraction of sp³-hybridized carbons (Fsp3) is 0.100. The van der Waals surface area contributed by atoms with Crippen LogP contribution < -0.4 is 0 Å². The predicted molar refractivity (Wildman–Crippen MR) is 56.8 cm³/mol. The van der Waals surface area contributed by atoms with Crippen molar-refractivity contribution < 1.29 is 0 Å². The molecule has 0 aliphatic carbocycles. The summed E-state index contributed by atoms with van der Waals surface area (Å²) in [6.45, 7) is 0. The molecule has 0 radical (unpaired) electrons. The molecule has 2 aliphatic rings. The summed E-state index contributed by atoms with van der Waals surface area (Å²) in [5, 5.41) is 0. The van der Waals surface area contributed by atoms with Gasteiger partial charge in [0.2, 0.25) is 0 Å². The first-order valence-electron chi connectivity index (χ1n) is 4.19. The minimum Gasteiger partial charge on any atom is -0.315 e. The van der Waals surface area contributed by atoms with E-state index in [2.05, 4.69) is 27.9 Å². The monoisotopic (exact) mass is 188 g/mol. The Morgan fingerprint density at radius 3 is 3.46 bits per heavy atom. The molecule has 0 spiro atoms. The van der Waals surface area contributed by atoms with Crippen molar-refractivity contribution in [2.24, 2.45) is 4.99 Å². The van der Waals surface area contributed by atoms with E-state index >= 15 is 0 Å². The maximum atomic E-state index is 4.26. The Labute approximate surface area is 80.7 Å². The first-order valence-corrected chi connectivity index (χ1v) is 5.18. The zero-order chi connectivity index (χ0) is 8.67. The Kier molecular flexibility index (Phi) is 1.46. The second-order valence-electron chi connectivity index (χ2n) is 2.97. The Morgan fingerprint density at radius 2 is 2.46 bits per heavy atom. The lowest BCUT2D eigenvalue weighted by Crippen LogP contribution is -1.97. The summed E-state index contributed by atoms with van der Waals surface area (Å²) in [5.74, 6) is 1.06. The van der Waals surface area contributed by atoms with E-state index < -0.39 is 0 Å². The highest BCUT2D eigenvalue weighted by Gasteiger charge is 2.16. The molecular formula is C10H8N2S. The predicted octanol–water partition coefficient (Wildman–Crippen LogP) is 2.35. The third-order valence-electron chi connectivity index (χ3n) is 2.21. The molecule has 0 N–H and O–H groups in total. The maximum absolute atomic E-state index is 4.26. The number of hydrogen-bond acceptors (Lipinski definition) is 2. The lowest BCUT2D eigenvalue weighted by molar-refractivity contribution is 1.12. The zero-order valence-corrected chi connectivity index (χ0v) is 7.79. The van der Waals surface area contributed by atoms with Gasteiger partial charge in [-0.25, -0.2) is 0 Å². The SMILES string of the molecule is C1=NC=C2SCC=C2n2cccc21. The minimum atomic E-state index is 1.06. The second-order valence-corrected chi connectivity index (χ2v) is 4.04. The summed E-state index contributed by atoms with van der Waals surface area (Å²) < 4.78 is 2.18. The van der Waals surface area contributed by atoms with Crippen molar-refractivity contribution >= 4 is 23.7 Å². The molecule has 1 aromatic heterocycles. The third-order valence-corrected chi connectivity index (χ3v) is 3.17. The molecule has 0 saturated heterocycles. The first-order chi connectivity index (χ1) is 6.45. The van der Waals surface area contributed by atoms with Crippen LogP contribution in [0.3, 0.4) is 0 Å². The van der Waals surface area contributed by atoms with Gasteiger partial charge >= 0.3 is 0 Å². The molecule has 1 aromatic rings. The van der Waals surface area contributed by atoms with Crippen LogP contribution in [0.25, 0.3) is 5.70 Å². The van der Waals surface area contributed by atoms with E-state index in [4.69, 9.17) is 0 Å². The van der Waals surface area contributed by atoms with Crippen molar-refractivity contribution in [1.29, 1.82) is 0 Å². The Balaban J connectivity index is 2.26. The van der Waals surface area contributed by atoms with Crippen molar-refractivity contribution in [3.63, 3.8) is 0 Å². The van der Waals surface area contributed by atoms with E-state index in [-0.39, 0.29) is 0 Å². The molecule has 3 heteroatoms. The molecule has 3 heterocycles. The molecule has 13 heavy (non-hydrogen) atoms. The van der Waals surface area contributed by atoms with Gasteiger partial charge in [0, 0.05) is 23.1 Å². The number of rotatable bonds is 0. The highest BCUT2D eigenvalue weighted by Crippen LogP contribution is 2.35. The number of fused-ring (bicyclic) bond motifs is 3. The molecule has 3 rings (SSSR count). The van der Waals surface area contributed by atoms with E-state index in [0.717, 1.165) is 11.4 Å². The fourth-order valence-corrected chi connectivity index (χ4v) is 2.49. The second kappa shape index (κ2) is 2.64. The molecule has 0 bridgehead atoms. The van der Waals surface area contributed by atoms with Crippen molar-refractivity contribution in [3.8, 4) is 0 Å². The van der Waals surface area contributed by atoms with Crippen LogP contribution in [-0.4, -0.2) is 16.5 Å². The number of allylic oxidation sites excluding steroid dienone is 1. The number of thioether (sulfide) groups is 1. The van der Waals surface area contributed by atoms with Crippen molar-refractivity contribution in [1.82, 2.24) is 4.57 Å². The van der Waals surface area contributed by atoms with Crippen molar-refractivity contribution in [3.05, 3.63) is 41.2 Å². The number of aliphatic imine (C=N–C) groups is 1. The average molecular weight is 188 g/mol. The Hall–Kier alpha value is -1.22. The first kappa shape index (κ1) is 7.21. The summed E-state index contributed by atoms with van der Waals surface area (Å²) in [6.07, 6.45) is 8.16. The average Bonchev–Trinajstić information content (AvgIpc) is 2.72. The lowest BCUT2D eigenvalue weighted by Gasteiger charge is -2.05. The zero-order valence-electron chi connectivity index (χ0n) is 6.97. The van der Waals surface area contributed by atoms with E-state index in [1.54, 1.807) is 0 Å². The van der Waals surface area contributed by atoms with Gasteiger partial charge in [-0.3, -0.25) is 4.99 Å². The summed E-state index contributed by atoms with van der Waals surface area (Å²) in [7, 11) is 0. The maximum Gasteiger partial charge on any atom is 0.0639 e. The lowest BCUT2D eigenvalue weighted by atomic mass is 10.4. The van der Waals surface area contributed by atoms with E-state index in [9.17, 15) is 0 Å². The van der Waals surface area contributed by atoms with Crippen molar-refractivity contribution in [2.45, 2.75) is 0 Å². The summed E-state index contributed by atoms with van der Waals surface area (Å²) in [4.78, 5) is 5.53. The number of aromatic nitrogens is 1. The van der Waals surface area contributed by atoms with Gasteiger partial charge in [-0.2, -0.15) is 0 Å². The quantitative estimate of drug-likeness (QED) is 0.611. The van der Waals surface area contributed by atoms with Crippen LogP contribution in [0.5, 0.6) is 0 Å². The number of nitrogens with zero attached hydrogens (tertiary/aromatic N) is 2. The van der Waals surface area contributed by atoms with Crippen LogP contribution in [0.2, 0.25) is 0 Å². The largest absolute Gasteiger partial charge is 0.315 e. The van der Waals surface area contributed by atoms with Gasteiger partial charge in [-0.05, 0) is 18.2 Å². The van der Waals surface area contributed by atoms with Gasteiger partial charge in [0.25, 0.3) is 0 Å². The highest BCUT2D eigenvalue weighted by molar-refractivity contribution is 8.04. The molecule has 64 valence electrons. The summed E-state index contributed by atoms with van der Waals surface area (Å²) in [6, 6.07) is 4.12. The van der Waals surface area contributed by atoms with Crippen molar-refractivity contribution in [2.75, 3.05) is 5.75 Å². The van der Waals surface area contributed by atoms with Gasteiger partial charge in [-0.1, -0.05) is 0 Å².